The van der Waals surface area contributed by atoms with E-state index in [0.717, 1.165) is 5.56 Å². The van der Waals surface area contributed by atoms with E-state index in [2.05, 4.69) is 5.16 Å². The van der Waals surface area contributed by atoms with Gasteiger partial charge in [-0.25, -0.2) is 4.39 Å². The van der Waals surface area contributed by atoms with Gasteiger partial charge >= 0.3 is 5.97 Å². The number of hydrogen-bond acceptors (Lipinski definition) is 6. The zero-order valence-corrected chi connectivity index (χ0v) is 18.3. The van der Waals surface area contributed by atoms with Gasteiger partial charge in [-0.1, -0.05) is 17.3 Å². The first-order valence-electron chi connectivity index (χ1n) is 10.9. The smallest absolute Gasteiger partial charge is 0.314 e. The largest absolute Gasteiger partial charge is 0.466 e. The van der Waals surface area contributed by atoms with E-state index in [1.165, 1.54) is 12.1 Å². The molecular weight excluding hydrogens is 415 g/mol. The molecule has 0 radical (unpaired) electrons. The van der Waals surface area contributed by atoms with Crippen LogP contribution in [0.3, 0.4) is 0 Å². The van der Waals surface area contributed by atoms with Crippen LogP contribution in [0.4, 0.5) is 4.39 Å². The van der Waals surface area contributed by atoms with Gasteiger partial charge in [-0.2, -0.15) is 0 Å². The second-order valence-corrected chi connectivity index (χ2v) is 8.42. The van der Waals surface area contributed by atoms with E-state index in [9.17, 15) is 14.0 Å². The highest BCUT2D eigenvalue weighted by Gasteiger charge is 2.48. The molecule has 3 heterocycles. The quantitative estimate of drug-likeness (QED) is 0.630. The summed E-state index contributed by atoms with van der Waals surface area (Å²) in [6, 6.07) is 9.48. The number of aryl methyl sites for hydroxylation is 1. The minimum absolute atomic E-state index is 0.232. The fraction of sp³-hybridized carbons (Fsp3) is 0.458. The van der Waals surface area contributed by atoms with Crippen LogP contribution in [0, 0.1) is 18.2 Å². The van der Waals surface area contributed by atoms with Gasteiger partial charge in [0.05, 0.1) is 17.7 Å². The summed E-state index contributed by atoms with van der Waals surface area (Å²) < 4.78 is 24.2. The van der Waals surface area contributed by atoms with E-state index in [0.29, 0.717) is 43.7 Å². The lowest BCUT2D eigenvalue weighted by atomic mass is 9.74. The van der Waals surface area contributed by atoms with Crippen LogP contribution in [0.2, 0.25) is 0 Å². The molecule has 2 aliphatic heterocycles. The summed E-state index contributed by atoms with van der Waals surface area (Å²) in [4.78, 5) is 33.4. The molecule has 4 rings (SSSR count). The number of amides is 1. The Morgan fingerprint density at radius 1 is 1.25 bits per heavy atom. The SMILES string of the molecule is CCOC(=O)[C@]1(C[C@@H]2CC(c3ccc(F)cc3)=NO2)CCCN(C(=O)c2ccc(C)o2)C1. The Morgan fingerprint density at radius 2 is 2.03 bits per heavy atom. The second kappa shape index (κ2) is 9.14. The van der Waals surface area contributed by atoms with Crippen molar-refractivity contribution in [2.24, 2.45) is 10.6 Å². The van der Waals surface area contributed by atoms with E-state index in [1.54, 1.807) is 43.0 Å². The molecule has 1 amide bonds. The van der Waals surface area contributed by atoms with Crippen molar-refractivity contribution in [2.45, 2.75) is 45.6 Å². The minimum Gasteiger partial charge on any atom is -0.466 e. The first-order chi connectivity index (χ1) is 15.4. The Morgan fingerprint density at radius 3 is 2.72 bits per heavy atom. The molecule has 1 fully saturated rings. The number of halogens is 1. The number of hydrogen-bond donors (Lipinski definition) is 0. The topological polar surface area (TPSA) is 81.3 Å². The lowest BCUT2D eigenvalue weighted by Gasteiger charge is -2.41. The maximum atomic E-state index is 13.2. The van der Waals surface area contributed by atoms with Crippen LogP contribution in [-0.2, 0) is 14.4 Å². The molecule has 1 aromatic heterocycles. The lowest BCUT2D eigenvalue weighted by Crippen LogP contribution is -2.51. The van der Waals surface area contributed by atoms with Gasteiger partial charge in [0.15, 0.2) is 5.76 Å². The predicted molar refractivity (Wildman–Crippen MR) is 115 cm³/mol. The number of rotatable bonds is 6. The lowest BCUT2D eigenvalue weighted by molar-refractivity contribution is -0.161. The van der Waals surface area contributed by atoms with Gasteiger partial charge in [-0.3, -0.25) is 9.59 Å². The molecule has 0 unspecified atom stereocenters. The standard InChI is InChI=1S/C24H27FN2O5/c1-3-30-23(29)24(11-4-12-27(15-24)22(28)21-10-5-16(2)31-21)14-19-13-20(26-32-19)17-6-8-18(25)9-7-17/h5-10,19H,3-4,11-15H2,1-2H3/t19-,24-/m0/s1. The van der Waals surface area contributed by atoms with Crippen molar-refractivity contribution in [3.05, 3.63) is 59.3 Å². The molecule has 8 heteroatoms. The van der Waals surface area contributed by atoms with Crippen molar-refractivity contribution in [1.29, 1.82) is 0 Å². The number of piperidine rings is 1. The Labute approximate surface area is 186 Å². The van der Waals surface area contributed by atoms with Gasteiger partial charge in [-0.15, -0.1) is 0 Å². The number of carbonyl (C=O) groups is 2. The Balaban J connectivity index is 1.50. The maximum absolute atomic E-state index is 13.2. The second-order valence-electron chi connectivity index (χ2n) is 8.42. The predicted octanol–water partition coefficient (Wildman–Crippen LogP) is 4.10. The number of carbonyl (C=O) groups excluding carboxylic acids is 2. The highest BCUT2D eigenvalue weighted by atomic mass is 19.1. The van der Waals surface area contributed by atoms with Gasteiger partial charge in [0.25, 0.3) is 5.91 Å². The average Bonchev–Trinajstić information content (AvgIpc) is 3.43. The van der Waals surface area contributed by atoms with Crippen molar-refractivity contribution >= 4 is 17.6 Å². The van der Waals surface area contributed by atoms with Gasteiger partial charge in [0.1, 0.15) is 17.7 Å². The third kappa shape index (κ3) is 4.54. The third-order valence-corrected chi connectivity index (χ3v) is 6.05. The molecule has 1 aromatic carbocycles. The molecule has 1 saturated heterocycles. The monoisotopic (exact) mass is 442 g/mol. The molecule has 32 heavy (non-hydrogen) atoms. The molecule has 0 spiro atoms. The first-order valence-corrected chi connectivity index (χ1v) is 10.9. The average molecular weight is 442 g/mol. The molecule has 2 aliphatic rings. The molecule has 170 valence electrons. The zero-order valence-electron chi connectivity index (χ0n) is 18.3. The zero-order chi connectivity index (χ0) is 22.7. The number of oxime groups is 1. The summed E-state index contributed by atoms with van der Waals surface area (Å²) in [7, 11) is 0. The summed E-state index contributed by atoms with van der Waals surface area (Å²) in [5.74, 6) is 0.0480. The molecule has 0 N–H and O–H groups in total. The van der Waals surface area contributed by atoms with Gasteiger partial charge in [0.2, 0.25) is 0 Å². The first kappa shape index (κ1) is 22.0. The summed E-state index contributed by atoms with van der Waals surface area (Å²) >= 11 is 0. The molecule has 2 aromatic rings. The Kier molecular flexibility index (Phi) is 6.30. The van der Waals surface area contributed by atoms with E-state index < -0.39 is 5.41 Å². The van der Waals surface area contributed by atoms with Crippen LogP contribution in [0.1, 0.15) is 54.5 Å². The maximum Gasteiger partial charge on any atom is 0.314 e. The van der Waals surface area contributed by atoms with Crippen LogP contribution in [0.15, 0.2) is 46.0 Å². The summed E-state index contributed by atoms with van der Waals surface area (Å²) in [6.45, 7) is 4.59. The van der Waals surface area contributed by atoms with Crippen LogP contribution in [0.25, 0.3) is 0 Å². The Hall–Kier alpha value is -3.16. The van der Waals surface area contributed by atoms with Gasteiger partial charge < -0.3 is 18.9 Å². The number of ether oxygens (including phenoxy) is 1. The number of furan rings is 1. The van der Waals surface area contributed by atoms with Gasteiger partial charge in [0, 0.05) is 25.9 Å². The number of likely N-dealkylation sites (tertiary alicyclic amines) is 1. The highest BCUT2D eigenvalue weighted by Crippen LogP contribution is 2.39. The van der Waals surface area contributed by atoms with Crippen molar-refractivity contribution < 1.29 is 28.0 Å². The summed E-state index contributed by atoms with van der Waals surface area (Å²) in [5.41, 5.74) is 0.612. The van der Waals surface area contributed by atoms with Crippen LogP contribution in [0.5, 0.6) is 0 Å². The third-order valence-electron chi connectivity index (χ3n) is 6.05. The molecule has 0 saturated carbocycles. The van der Waals surface area contributed by atoms with Crippen molar-refractivity contribution in [3.63, 3.8) is 0 Å². The number of benzene rings is 1. The summed E-state index contributed by atoms with van der Waals surface area (Å²) in [6.07, 6.45) is 1.81. The van der Waals surface area contributed by atoms with E-state index in [-0.39, 0.29) is 42.7 Å². The van der Waals surface area contributed by atoms with E-state index in [4.69, 9.17) is 14.0 Å². The number of esters is 1. The molecular formula is C24H27FN2O5. The summed E-state index contributed by atoms with van der Waals surface area (Å²) in [5, 5.41) is 4.17. The van der Waals surface area contributed by atoms with Crippen molar-refractivity contribution in [3.8, 4) is 0 Å². The van der Waals surface area contributed by atoms with Crippen molar-refractivity contribution in [1.82, 2.24) is 4.90 Å². The molecule has 7 nitrogen and oxygen atoms in total. The van der Waals surface area contributed by atoms with Crippen LogP contribution >= 0.6 is 0 Å². The molecule has 0 aliphatic carbocycles. The van der Waals surface area contributed by atoms with Gasteiger partial charge in [-0.05, 0) is 56.5 Å². The van der Waals surface area contributed by atoms with Crippen LogP contribution in [-0.4, -0.2) is 48.3 Å². The normalized spacial score (nSPS) is 22.9. The molecule has 2 atom stereocenters. The Bertz CT molecular complexity index is 1020. The highest BCUT2D eigenvalue weighted by molar-refractivity contribution is 6.01. The minimum atomic E-state index is -0.885. The number of nitrogens with zero attached hydrogens (tertiary/aromatic N) is 2. The molecule has 0 bridgehead atoms. The van der Waals surface area contributed by atoms with E-state index >= 15 is 0 Å². The van der Waals surface area contributed by atoms with Crippen molar-refractivity contribution in [2.75, 3.05) is 19.7 Å². The fourth-order valence-electron chi connectivity index (χ4n) is 4.50. The fourth-order valence-corrected chi connectivity index (χ4v) is 4.50. The van der Waals surface area contributed by atoms with Crippen LogP contribution < -0.4 is 0 Å². The van der Waals surface area contributed by atoms with E-state index in [1.807, 2.05) is 0 Å².